The van der Waals surface area contributed by atoms with Crippen molar-refractivity contribution in [1.29, 1.82) is 0 Å². The van der Waals surface area contributed by atoms with Crippen molar-refractivity contribution in [2.45, 2.75) is 6.92 Å². The Morgan fingerprint density at radius 3 is 2.22 bits per heavy atom. The van der Waals surface area contributed by atoms with Gasteiger partial charge in [0.2, 0.25) is 0 Å². The molecule has 0 aromatic heterocycles. The molecule has 3 nitrogen and oxygen atoms in total. The zero-order valence-electron chi connectivity index (χ0n) is 7.71. The summed E-state index contributed by atoms with van der Waals surface area (Å²) in [4.78, 5) is 7.87. The van der Waals surface area contributed by atoms with Crippen LogP contribution in [-0.4, -0.2) is 4.89 Å². The van der Waals surface area contributed by atoms with Gasteiger partial charge in [-0.15, -0.1) is 4.89 Å². The molecule has 0 bridgehead atoms. The molecule has 0 aliphatic rings. The molecule has 0 heterocycles. The Hall–Kier alpha value is 1.42. The van der Waals surface area contributed by atoms with Crippen LogP contribution in [0.15, 0.2) is 0 Å². The van der Waals surface area contributed by atoms with Crippen molar-refractivity contribution in [3.63, 3.8) is 0 Å². The first-order valence-electron chi connectivity index (χ1n) is 1.52. The zero-order valence-corrected chi connectivity index (χ0v) is 10.6. The average Bonchev–Trinajstić information content (AvgIpc) is 1.61. The molecule has 9 heavy (non-hydrogen) atoms. The second kappa shape index (κ2) is 12.1. The summed E-state index contributed by atoms with van der Waals surface area (Å²) >= 11 is 0. The van der Waals surface area contributed by atoms with Crippen molar-refractivity contribution in [1.82, 2.24) is 0 Å². The average molecular weight is 167 g/mol. The van der Waals surface area contributed by atoms with Gasteiger partial charge >= 0.3 is 67.4 Å². The topological polar surface area (TPSA) is 46.5 Å². The van der Waals surface area contributed by atoms with Crippen LogP contribution in [-0.2, 0) is 9.09 Å². The van der Waals surface area contributed by atoms with Gasteiger partial charge in [0.15, 0.2) is 6.11 Å². The van der Waals surface area contributed by atoms with Crippen LogP contribution >= 0.6 is 8.25 Å². The Morgan fingerprint density at radius 2 is 2.11 bits per heavy atom. The maximum atomic E-state index is 9.58. The molecule has 0 radical (unpaired) electrons. The van der Waals surface area contributed by atoms with Gasteiger partial charge in [-0.2, -0.15) is 4.52 Å². The molecule has 0 amide bonds. The van der Waals surface area contributed by atoms with Gasteiger partial charge in [0.25, 0.3) is 0 Å². The van der Waals surface area contributed by atoms with Crippen molar-refractivity contribution in [2.75, 3.05) is 0 Å². The summed E-state index contributed by atoms with van der Waals surface area (Å²) in [5.41, 5.74) is 0. The van der Waals surface area contributed by atoms with Crippen molar-refractivity contribution >= 4 is 8.25 Å². The second-order valence-electron chi connectivity index (χ2n) is 0.681. The van der Waals surface area contributed by atoms with E-state index >= 15 is 0 Å². The Labute approximate surface area is 102 Å². The molecule has 1 N–H and O–H groups in total. The maximum absolute atomic E-state index is 9.58. The zero-order chi connectivity index (χ0) is 5.70. The van der Waals surface area contributed by atoms with Crippen LogP contribution in [0, 0.1) is 12.0 Å². The van der Waals surface area contributed by atoms with Crippen molar-refractivity contribution in [3.8, 4) is 12.0 Å². The van der Waals surface area contributed by atoms with Gasteiger partial charge in [-0.05, 0) is 0 Å². The third-order valence-electron chi connectivity index (χ3n) is 0.226. The molecule has 0 saturated heterocycles. The van der Waals surface area contributed by atoms with Crippen LogP contribution in [0.25, 0.3) is 0 Å². The molecule has 0 aliphatic carbocycles. The molecule has 1 unspecified atom stereocenters. The minimum Gasteiger partial charge on any atom is -1.00 e. The van der Waals surface area contributed by atoms with Crippen molar-refractivity contribution in [2.24, 2.45) is 0 Å². The molecular formula is C3H6Na2O3P+. The summed E-state index contributed by atoms with van der Waals surface area (Å²) in [5, 5.41) is 0. The first-order valence-corrected chi connectivity index (χ1v) is 2.65. The van der Waals surface area contributed by atoms with Gasteiger partial charge in [0, 0.05) is 11.5 Å². The molecular weight excluding hydrogens is 161 g/mol. The summed E-state index contributed by atoms with van der Waals surface area (Å²) < 4.78 is 13.5. The van der Waals surface area contributed by atoms with Crippen molar-refractivity contribution < 1.29 is 76.0 Å². The molecule has 0 rings (SSSR count). The summed E-state index contributed by atoms with van der Waals surface area (Å²) in [6.07, 6.45) is 1.96. The van der Waals surface area contributed by atoms with Crippen LogP contribution < -0.4 is 59.1 Å². The molecule has 0 aromatic rings. The first-order chi connectivity index (χ1) is 3.27. The fourth-order valence-electron chi connectivity index (χ4n) is 0.0847. The van der Waals surface area contributed by atoms with Crippen LogP contribution in [0.3, 0.4) is 0 Å². The number of hydrogen-bond acceptors (Lipinski definition) is 2. The molecule has 0 aromatic carbocycles. The molecule has 1 atom stereocenters. The molecule has 42 valence electrons. The van der Waals surface area contributed by atoms with E-state index in [4.69, 9.17) is 4.89 Å². The molecule has 0 aliphatic heterocycles. The summed E-state index contributed by atoms with van der Waals surface area (Å²) in [6, 6.07) is 0. The fourth-order valence-corrected chi connectivity index (χ4v) is 0.254. The van der Waals surface area contributed by atoms with Crippen LogP contribution in [0.5, 0.6) is 0 Å². The summed E-state index contributed by atoms with van der Waals surface area (Å²) in [6.45, 7) is 1.51. The Bertz CT molecular complexity index is 134. The smallest absolute Gasteiger partial charge is 1.00 e. The summed E-state index contributed by atoms with van der Waals surface area (Å²) in [7, 11) is -2.53. The van der Waals surface area contributed by atoms with Crippen LogP contribution in [0.2, 0.25) is 0 Å². The molecule has 6 heteroatoms. The quantitative estimate of drug-likeness (QED) is 0.241. The predicted octanol–water partition coefficient (Wildman–Crippen LogP) is -5.13. The molecule has 0 fully saturated rings. The first kappa shape index (κ1) is 16.8. The number of hydrogen-bond donors (Lipinski definition) is 1. The van der Waals surface area contributed by atoms with Gasteiger partial charge in [-0.1, -0.05) is 5.92 Å². The van der Waals surface area contributed by atoms with E-state index in [1.165, 1.54) is 6.92 Å². The normalized spacial score (nSPS) is 6.67. The largest absolute Gasteiger partial charge is 1.00 e. The van der Waals surface area contributed by atoms with Crippen LogP contribution in [0.1, 0.15) is 9.78 Å². The van der Waals surface area contributed by atoms with E-state index in [-0.39, 0.29) is 62.0 Å². The monoisotopic (exact) mass is 167 g/mol. The van der Waals surface area contributed by atoms with E-state index < -0.39 is 8.25 Å². The van der Waals surface area contributed by atoms with E-state index in [1.54, 1.807) is 0 Å². The van der Waals surface area contributed by atoms with E-state index in [9.17, 15) is 4.57 Å². The van der Waals surface area contributed by atoms with Gasteiger partial charge in [-0.25, -0.2) is 0 Å². The van der Waals surface area contributed by atoms with E-state index in [2.05, 4.69) is 10.4 Å². The third-order valence-corrected chi connectivity index (χ3v) is 0.473. The second-order valence-corrected chi connectivity index (χ2v) is 1.34. The number of rotatable bonds is 1. The van der Waals surface area contributed by atoms with Gasteiger partial charge in [0.1, 0.15) is 0 Å². The Morgan fingerprint density at radius 1 is 1.67 bits per heavy atom. The van der Waals surface area contributed by atoms with Gasteiger partial charge in [-0.3, -0.25) is 0 Å². The van der Waals surface area contributed by atoms with E-state index in [0.29, 0.717) is 0 Å². The van der Waals surface area contributed by atoms with Gasteiger partial charge < -0.3 is 2.85 Å². The summed E-state index contributed by atoms with van der Waals surface area (Å²) in [5.74, 6) is 2.28. The fraction of sp³-hybridized carbons (Fsp3) is 0.333. The third kappa shape index (κ3) is 17.7. The van der Waals surface area contributed by atoms with Crippen LogP contribution in [0.4, 0.5) is 0 Å². The maximum Gasteiger partial charge on any atom is 1.00 e. The van der Waals surface area contributed by atoms with E-state index in [0.717, 1.165) is 0 Å². The molecule has 0 saturated carbocycles. The standard InChI is InChI=1S/C3H3O3P.2Na.2H/c1-2-3-6-7(4)5;;;;/h1H3;;;;/q;2*+1;2*-1/p+1. The Balaban J connectivity index is -0.0000000300. The minimum atomic E-state index is -2.53. The van der Waals surface area contributed by atoms with Crippen molar-refractivity contribution in [3.05, 3.63) is 0 Å². The van der Waals surface area contributed by atoms with Gasteiger partial charge in [0.05, 0.1) is 0 Å². The SMILES string of the molecule is CC#CO[P+](=O)O.[H-].[H-].[Na+].[Na+]. The van der Waals surface area contributed by atoms with E-state index in [1.807, 2.05) is 6.11 Å². The predicted molar refractivity (Wildman–Crippen MR) is 26.6 cm³/mol. The Kier molecular flexibility index (Phi) is 22.6. The minimum absolute atomic E-state index is 0. The molecule has 0 spiro atoms.